The van der Waals surface area contributed by atoms with Gasteiger partial charge in [-0.1, -0.05) is 71.4 Å². The zero-order valence-electron chi connectivity index (χ0n) is 20.1. The maximum atomic E-state index is 13.0. The molecule has 1 saturated heterocycles. The third-order valence-electron chi connectivity index (χ3n) is 8.09. The molecule has 1 aromatic carbocycles. The molecule has 1 aliphatic carbocycles. The van der Waals surface area contributed by atoms with Gasteiger partial charge < -0.3 is 10.4 Å². The molecule has 0 radical (unpaired) electrons. The zero-order valence-corrected chi connectivity index (χ0v) is 20.1. The van der Waals surface area contributed by atoms with Crippen LogP contribution in [0.2, 0.25) is 0 Å². The van der Waals surface area contributed by atoms with Gasteiger partial charge in [0.2, 0.25) is 5.91 Å². The fourth-order valence-corrected chi connectivity index (χ4v) is 5.75. The number of rotatable bonds is 9. The number of carbonyl (C=O) groups excluding carboxylic acids is 1. The van der Waals surface area contributed by atoms with Gasteiger partial charge in [0.1, 0.15) is 6.23 Å². The molecule has 3 rings (SSSR count). The van der Waals surface area contributed by atoms with E-state index in [0.29, 0.717) is 11.8 Å². The Kier molecular flexibility index (Phi) is 7.64. The summed E-state index contributed by atoms with van der Waals surface area (Å²) in [5.41, 5.74) is 3.25. The van der Waals surface area contributed by atoms with Crippen molar-refractivity contribution in [3.63, 3.8) is 0 Å². The van der Waals surface area contributed by atoms with Crippen molar-refractivity contribution in [3.8, 4) is 0 Å². The largest absolute Gasteiger partial charge is 0.376 e. The van der Waals surface area contributed by atoms with Gasteiger partial charge in [0, 0.05) is 18.5 Å². The van der Waals surface area contributed by atoms with Gasteiger partial charge in [0.15, 0.2) is 0 Å². The van der Waals surface area contributed by atoms with Gasteiger partial charge in [0.05, 0.1) is 12.0 Å². The van der Waals surface area contributed by atoms with E-state index in [1.807, 2.05) is 0 Å². The van der Waals surface area contributed by atoms with Crippen LogP contribution in [0.3, 0.4) is 0 Å². The second-order valence-electron chi connectivity index (χ2n) is 10.3. The first-order valence-electron chi connectivity index (χ1n) is 12.2. The number of likely N-dealkylation sites (tertiary alicyclic amines) is 1. The van der Waals surface area contributed by atoms with Crippen molar-refractivity contribution >= 4 is 5.91 Å². The van der Waals surface area contributed by atoms with E-state index in [1.54, 1.807) is 6.08 Å². The molecule has 5 unspecified atom stereocenters. The first-order chi connectivity index (χ1) is 14.7. The molecule has 0 bridgehead atoms. The molecular weight excluding hydrogens is 384 g/mol. The Hall–Kier alpha value is -1.65. The average molecular weight is 427 g/mol. The Labute approximate surface area is 189 Å². The summed E-state index contributed by atoms with van der Waals surface area (Å²) in [6, 6.07) is 8.56. The van der Waals surface area contributed by atoms with Gasteiger partial charge in [-0.15, -0.1) is 6.58 Å². The van der Waals surface area contributed by atoms with Crippen LogP contribution in [0.15, 0.2) is 36.9 Å². The van der Waals surface area contributed by atoms with Crippen LogP contribution in [0, 0.1) is 17.8 Å². The van der Waals surface area contributed by atoms with Crippen molar-refractivity contribution in [1.29, 1.82) is 0 Å². The zero-order chi connectivity index (χ0) is 22.8. The molecule has 1 spiro atoms. The number of carbonyl (C=O) groups is 1. The highest BCUT2D eigenvalue weighted by molar-refractivity contribution is 5.80. The molecule has 2 aliphatic rings. The van der Waals surface area contributed by atoms with Gasteiger partial charge >= 0.3 is 0 Å². The second kappa shape index (κ2) is 9.87. The van der Waals surface area contributed by atoms with Crippen molar-refractivity contribution in [2.75, 3.05) is 13.1 Å². The number of hydrogen-bond acceptors (Lipinski definition) is 3. The topological polar surface area (TPSA) is 52.6 Å². The number of aliphatic hydroxyl groups excluding tert-OH is 1. The normalized spacial score (nSPS) is 24.0. The Morgan fingerprint density at radius 2 is 1.94 bits per heavy atom. The molecule has 2 N–H and O–H groups in total. The average Bonchev–Trinajstić information content (AvgIpc) is 2.79. The number of benzene rings is 1. The van der Waals surface area contributed by atoms with E-state index in [2.05, 4.69) is 75.7 Å². The lowest BCUT2D eigenvalue weighted by atomic mass is 9.53. The second-order valence-corrected chi connectivity index (χ2v) is 10.3. The molecule has 0 saturated carbocycles. The highest BCUT2D eigenvalue weighted by Gasteiger charge is 2.51. The summed E-state index contributed by atoms with van der Waals surface area (Å²) in [4.78, 5) is 15.1. The van der Waals surface area contributed by atoms with Crippen LogP contribution in [0.5, 0.6) is 0 Å². The summed E-state index contributed by atoms with van der Waals surface area (Å²) in [6.07, 6.45) is 4.90. The van der Waals surface area contributed by atoms with Gasteiger partial charge in [-0.25, -0.2) is 0 Å². The maximum Gasteiger partial charge on any atom is 0.227 e. The summed E-state index contributed by atoms with van der Waals surface area (Å²) >= 11 is 0. The lowest BCUT2D eigenvalue weighted by Gasteiger charge is -2.55. The monoisotopic (exact) mass is 426 g/mol. The Morgan fingerprint density at radius 1 is 1.29 bits per heavy atom. The van der Waals surface area contributed by atoms with E-state index in [0.717, 1.165) is 38.8 Å². The fraction of sp³-hybridized carbons (Fsp3) is 0.667. The van der Waals surface area contributed by atoms with Crippen LogP contribution in [-0.4, -0.2) is 41.3 Å². The van der Waals surface area contributed by atoms with Gasteiger partial charge in [-0.2, -0.15) is 0 Å². The highest BCUT2D eigenvalue weighted by Crippen LogP contribution is 2.57. The van der Waals surface area contributed by atoms with Gasteiger partial charge in [0.25, 0.3) is 0 Å². The minimum Gasteiger partial charge on any atom is -0.376 e. The number of fused-ring (bicyclic) bond motifs is 2. The molecule has 1 aliphatic heterocycles. The molecule has 5 atom stereocenters. The number of nitrogens with one attached hydrogen (secondary N) is 1. The van der Waals surface area contributed by atoms with Crippen LogP contribution in [-0.2, 0) is 10.2 Å². The van der Waals surface area contributed by atoms with Crippen LogP contribution < -0.4 is 5.32 Å². The van der Waals surface area contributed by atoms with Crippen molar-refractivity contribution in [1.82, 2.24) is 10.2 Å². The van der Waals surface area contributed by atoms with E-state index in [9.17, 15) is 9.90 Å². The molecule has 31 heavy (non-hydrogen) atoms. The maximum absolute atomic E-state index is 13.0. The summed E-state index contributed by atoms with van der Waals surface area (Å²) in [5.74, 6) is 0.977. The van der Waals surface area contributed by atoms with Crippen LogP contribution in [0.1, 0.15) is 77.3 Å². The van der Waals surface area contributed by atoms with Gasteiger partial charge in [-0.3, -0.25) is 9.69 Å². The predicted octanol–water partition coefficient (Wildman–Crippen LogP) is 4.83. The number of amides is 1. The molecule has 1 fully saturated rings. The lowest BCUT2D eigenvalue weighted by molar-refractivity contribution is -0.129. The van der Waals surface area contributed by atoms with Crippen LogP contribution >= 0.6 is 0 Å². The number of hydrogen-bond donors (Lipinski definition) is 2. The highest BCUT2D eigenvalue weighted by atomic mass is 16.3. The number of piperidine rings is 1. The van der Waals surface area contributed by atoms with E-state index in [4.69, 9.17) is 0 Å². The van der Waals surface area contributed by atoms with Crippen molar-refractivity contribution in [2.24, 2.45) is 17.8 Å². The van der Waals surface area contributed by atoms with E-state index < -0.39 is 6.23 Å². The van der Waals surface area contributed by atoms with E-state index in [1.165, 1.54) is 11.1 Å². The molecule has 1 heterocycles. The van der Waals surface area contributed by atoms with Gasteiger partial charge in [-0.05, 0) is 48.1 Å². The first kappa shape index (κ1) is 24.0. The van der Waals surface area contributed by atoms with Crippen molar-refractivity contribution in [3.05, 3.63) is 48.0 Å². The predicted molar refractivity (Wildman–Crippen MR) is 128 cm³/mol. The lowest BCUT2D eigenvalue weighted by Crippen LogP contribution is -2.59. The minimum atomic E-state index is -0.661. The Balaban J connectivity index is 1.67. The number of nitrogens with zero attached hydrogens (tertiary/aromatic N) is 1. The quantitative estimate of drug-likeness (QED) is 0.556. The van der Waals surface area contributed by atoms with E-state index >= 15 is 0 Å². The molecule has 1 aromatic rings. The smallest absolute Gasteiger partial charge is 0.227 e. The summed E-state index contributed by atoms with van der Waals surface area (Å²) in [6.45, 7) is 16.4. The number of aliphatic hydroxyl groups is 1. The van der Waals surface area contributed by atoms with E-state index in [-0.39, 0.29) is 29.2 Å². The third kappa shape index (κ3) is 4.61. The molecule has 4 nitrogen and oxygen atoms in total. The molecule has 1 amide bonds. The minimum absolute atomic E-state index is 0.0110. The standard InChI is InChI=1S/C27H42N2O2/c1-7-19(5)24(28-25(30)21(8-2)17-18(3)4)26(31)29-15-13-27(14-16-29)20(6)22-11-9-10-12-23(22)27/h8-12,18-21,24,26,31H,2,7,13-17H2,1,3-6H3,(H,28,30). The SMILES string of the molecule is C=CC(CC(C)C)C(=O)NC(C(C)CC)C(O)N1CCC2(CC1)c1ccccc1C2C. The first-order valence-corrected chi connectivity index (χ1v) is 12.2. The molecular formula is C27H42N2O2. The summed E-state index contributed by atoms with van der Waals surface area (Å²) in [5, 5.41) is 14.5. The Morgan fingerprint density at radius 3 is 2.52 bits per heavy atom. The summed E-state index contributed by atoms with van der Waals surface area (Å²) < 4.78 is 0. The van der Waals surface area contributed by atoms with Crippen molar-refractivity contribution in [2.45, 2.75) is 83.9 Å². The molecule has 4 heteroatoms. The molecule has 0 aromatic heterocycles. The third-order valence-corrected chi connectivity index (χ3v) is 8.09. The van der Waals surface area contributed by atoms with Crippen LogP contribution in [0.25, 0.3) is 0 Å². The van der Waals surface area contributed by atoms with Crippen LogP contribution in [0.4, 0.5) is 0 Å². The fourth-order valence-electron chi connectivity index (χ4n) is 5.75. The summed E-state index contributed by atoms with van der Waals surface area (Å²) in [7, 11) is 0. The molecule has 172 valence electrons. The van der Waals surface area contributed by atoms with Crippen molar-refractivity contribution < 1.29 is 9.90 Å². The Bertz CT molecular complexity index is 766.